The van der Waals surface area contributed by atoms with Gasteiger partial charge in [0, 0.05) is 18.1 Å². The molecule has 0 aliphatic carbocycles. The van der Waals surface area contributed by atoms with E-state index in [0.29, 0.717) is 21.5 Å². The molecular formula is C13H17Cl3N2O. The minimum Gasteiger partial charge on any atom is -0.338 e. The zero-order valence-electron chi connectivity index (χ0n) is 10.7. The molecular weight excluding hydrogens is 307 g/mol. The Balaban J connectivity index is 0.00000180. The van der Waals surface area contributed by atoms with E-state index >= 15 is 0 Å². The highest BCUT2D eigenvalue weighted by atomic mass is 35.5. The van der Waals surface area contributed by atoms with Crippen LogP contribution in [0.5, 0.6) is 0 Å². The number of nitrogens with one attached hydrogen (secondary N) is 1. The van der Waals surface area contributed by atoms with Gasteiger partial charge in [-0.3, -0.25) is 4.79 Å². The van der Waals surface area contributed by atoms with Crippen molar-refractivity contribution in [1.82, 2.24) is 10.2 Å². The predicted octanol–water partition coefficient (Wildman–Crippen LogP) is 3.10. The van der Waals surface area contributed by atoms with Crippen LogP contribution >= 0.6 is 35.6 Å². The number of rotatable bonds is 3. The van der Waals surface area contributed by atoms with Crippen molar-refractivity contribution < 1.29 is 4.79 Å². The maximum Gasteiger partial charge on any atom is 0.255 e. The molecule has 1 atom stereocenters. The first kappa shape index (κ1) is 16.6. The third-order valence-electron chi connectivity index (χ3n) is 3.23. The molecule has 0 bridgehead atoms. The van der Waals surface area contributed by atoms with Crippen molar-refractivity contribution in [3.63, 3.8) is 0 Å². The fourth-order valence-corrected chi connectivity index (χ4v) is 2.79. The lowest BCUT2D eigenvalue weighted by Gasteiger charge is -2.17. The summed E-state index contributed by atoms with van der Waals surface area (Å²) in [5, 5.41) is 4.11. The van der Waals surface area contributed by atoms with Gasteiger partial charge in [0.15, 0.2) is 0 Å². The van der Waals surface area contributed by atoms with E-state index in [0.717, 1.165) is 26.1 Å². The Morgan fingerprint density at radius 1 is 1.47 bits per heavy atom. The van der Waals surface area contributed by atoms with Crippen LogP contribution in [0, 0.1) is 5.92 Å². The van der Waals surface area contributed by atoms with E-state index in [1.807, 2.05) is 11.9 Å². The predicted molar refractivity (Wildman–Crippen MR) is 81.6 cm³/mol. The van der Waals surface area contributed by atoms with Gasteiger partial charge in [0.05, 0.1) is 10.6 Å². The molecule has 1 heterocycles. The van der Waals surface area contributed by atoms with Gasteiger partial charge in [-0.15, -0.1) is 12.4 Å². The third kappa shape index (κ3) is 3.99. The lowest BCUT2D eigenvalue weighted by molar-refractivity contribution is 0.0787. The molecule has 1 aromatic carbocycles. The number of carbonyl (C=O) groups is 1. The molecule has 0 spiro atoms. The Bertz CT molecular complexity index is 454. The minimum absolute atomic E-state index is 0. The van der Waals surface area contributed by atoms with E-state index in [2.05, 4.69) is 5.32 Å². The Morgan fingerprint density at radius 2 is 2.21 bits per heavy atom. The molecule has 1 unspecified atom stereocenters. The maximum absolute atomic E-state index is 12.3. The lowest BCUT2D eigenvalue weighted by atomic mass is 10.1. The Morgan fingerprint density at radius 3 is 2.84 bits per heavy atom. The minimum atomic E-state index is -0.00438. The molecule has 6 heteroatoms. The average Bonchev–Trinajstić information content (AvgIpc) is 2.77. The van der Waals surface area contributed by atoms with Crippen LogP contribution in [-0.2, 0) is 0 Å². The van der Waals surface area contributed by atoms with Gasteiger partial charge in [0.1, 0.15) is 0 Å². The van der Waals surface area contributed by atoms with E-state index in [-0.39, 0.29) is 18.3 Å². The zero-order chi connectivity index (χ0) is 13.1. The van der Waals surface area contributed by atoms with Crippen LogP contribution in [0.3, 0.4) is 0 Å². The second-order valence-electron chi connectivity index (χ2n) is 4.59. The summed E-state index contributed by atoms with van der Waals surface area (Å²) in [6.07, 6.45) is 1.04. The fourth-order valence-electron chi connectivity index (χ4n) is 2.31. The van der Waals surface area contributed by atoms with E-state index in [1.54, 1.807) is 18.2 Å². The number of nitrogens with zero attached hydrogens (tertiary/aromatic N) is 1. The molecule has 1 amide bonds. The number of benzene rings is 1. The largest absolute Gasteiger partial charge is 0.338 e. The second-order valence-corrected chi connectivity index (χ2v) is 5.43. The quantitative estimate of drug-likeness (QED) is 0.927. The molecule has 1 aliphatic heterocycles. The molecule has 0 aromatic heterocycles. The van der Waals surface area contributed by atoms with Gasteiger partial charge < -0.3 is 10.2 Å². The molecule has 1 fully saturated rings. The molecule has 19 heavy (non-hydrogen) atoms. The SMILES string of the molecule is CNCC1CCN(C(=O)c2ccc(Cl)cc2Cl)C1.Cl. The van der Waals surface area contributed by atoms with Gasteiger partial charge in [-0.05, 0) is 44.1 Å². The van der Waals surface area contributed by atoms with Crippen molar-refractivity contribution in [2.45, 2.75) is 6.42 Å². The van der Waals surface area contributed by atoms with E-state index < -0.39 is 0 Å². The molecule has 1 saturated heterocycles. The molecule has 3 nitrogen and oxygen atoms in total. The Labute approximate surface area is 129 Å². The smallest absolute Gasteiger partial charge is 0.255 e. The summed E-state index contributed by atoms with van der Waals surface area (Å²) in [4.78, 5) is 14.2. The zero-order valence-corrected chi connectivity index (χ0v) is 13.0. The van der Waals surface area contributed by atoms with Crippen LogP contribution in [0.2, 0.25) is 10.0 Å². The summed E-state index contributed by atoms with van der Waals surface area (Å²) in [7, 11) is 1.93. The first-order valence-corrected chi connectivity index (χ1v) is 6.76. The van der Waals surface area contributed by atoms with Crippen molar-refractivity contribution in [1.29, 1.82) is 0 Å². The summed E-state index contributed by atoms with van der Waals surface area (Å²) in [5.74, 6) is 0.528. The van der Waals surface area contributed by atoms with Crippen molar-refractivity contribution in [2.75, 3.05) is 26.7 Å². The first-order chi connectivity index (χ1) is 8.61. The summed E-state index contributed by atoms with van der Waals surface area (Å²) in [5.41, 5.74) is 0.533. The molecule has 2 rings (SSSR count). The van der Waals surface area contributed by atoms with Crippen molar-refractivity contribution in [3.8, 4) is 0 Å². The first-order valence-electron chi connectivity index (χ1n) is 6.00. The van der Waals surface area contributed by atoms with Crippen LogP contribution < -0.4 is 5.32 Å². The van der Waals surface area contributed by atoms with Crippen molar-refractivity contribution in [3.05, 3.63) is 33.8 Å². The standard InChI is InChI=1S/C13H16Cl2N2O.ClH/c1-16-7-9-4-5-17(8-9)13(18)11-3-2-10(14)6-12(11)15;/h2-3,6,9,16H,4-5,7-8H2,1H3;1H. The van der Waals surface area contributed by atoms with Crippen LogP contribution in [-0.4, -0.2) is 37.5 Å². The highest BCUT2D eigenvalue weighted by Gasteiger charge is 2.27. The number of carbonyl (C=O) groups excluding carboxylic acids is 1. The van der Waals surface area contributed by atoms with Gasteiger partial charge in [-0.1, -0.05) is 23.2 Å². The third-order valence-corrected chi connectivity index (χ3v) is 3.78. The van der Waals surface area contributed by atoms with Crippen LogP contribution in [0.25, 0.3) is 0 Å². The lowest BCUT2D eigenvalue weighted by Crippen LogP contribution is -2.30. The number of halogens is 3. The van der Waals surface area contributed by atoms with Gasteiger partial charge in [0.25, 0.3) is 5.91 Å². The molecule has 1 N–H and O–H groups in total. The number of hydrogen-bond acceptors (Lipinski definition) is 2. The maximum atomic E-state index is 12.3. The van der Waals surface area contributed by atoms with E-state index in [1.165, 1.54) is 0 Å². The number of hydrogen-bond donors (Lipinski definition) is 1. The fraction of sp³-hybridized carbons (Fsp3) is 0.462. The topological polar surface area (TPSA) is 32.3 Å². The highest BCUT2D eigenvalue weighted by Crippen LogP contribution is 2.25. The van der Waals surface area contributed by atoms with Crippen LogP contribution in [0.4, 0.5) is 0 Å². The summed E-state index contributed by atoms with van der Waals surface area (Å²) in [6, 6.07) is 5.00. The summed E-state index contributed by atoms with van der Waals surface area (Å²) >= 11 is 11.9. The van der Waals surface area contributed by atoms with Crippen LogP contribution in [0.1, 0.15) is 16.8 Å². The Kier molecular flexibility index (Phi) is 6.40. The van der Waals surface area contributed by atoms with Gasteiger partial charge in [-0.2, -0.15) is 0 Å². The molecule has 106 valence electrons. The Hall–Kier alpha value is -0.480. The number of likely N-dealkylation sites (tertiary alicyclic amines) is 1. The van der Waals surface area contributed by atoms with Gasteiger partial charge in [-0.25, -0.2) is 0 Å². The van der Waals surface area contributed by atoms with Crippen molar-refractivity contribution in [2.24, 2.45) is 5.92 Å². The van der Waals surface area contributed by atoms with Crippen molar-refractivity contribution >= 4 is 41.5 Å². The summed E-state index contributed by atoms with van der Waals surface area (Å²) in [6.45, 7) is 2.53. The molecule has 0 radical (unpaired) electrons. The normalized spacial score (nSPS) is 18.3. The average molecular weight is 324 g/mol. The molecule has 1 aliphatic rings. The monoisotopic (exact) mass is 322 g/mol. The highest BCUT2D eigenvalue weighted by molar-refractivity contribution is 6.36. The summed E-state index contributed by atoms with van der Waals surface area (Å²) < 4.78 is 0. The van der Waals surface area contributed by atoms with E-state index in [9.17, 15) is 4.79 Å². The molecule has 0 saturated carbocycles. The van der Waals surface area contributed by atoms with Gasteiger partial charge >= 0.3 is 0 Å². The molecule has 1 aromatic rings. The van der Waals surface area contributed by atoms with Gasteiger partial charge in [0.2, 0.25) is 0 Å². The van der Waals surface area contributed by atoms with E-state index in [4.69, 9.17) is 23.2 Å². The second kappa shape index (κ2) is 7.34. The number of amides is 1. The van der Waals surface area contributed by atoms with Crippen LogP contribution in [0.15, 0.2) is 18.2 Å².